The maximum Gasteiger partial charge on any atom is 0.328 e. The van der Waals surface area contributed by atoms with Crippen LogP contribution < -0.4 is 21.9 Å². The predicted molar refractivity (Wildman–Crippen MR) is 101 cm³/mol. The van der Waals surface area contributed by atoms with E-state index in [-0.39, 0.29) is 29.4 Å². The van der Waals surface area contributed by atoms with E-state index in [0.717, 1.165) is 12.8 Å². The van der Waals surface area contributed by atoms with Crippen LogP contribution in [0.5, 0.6) is 0 Å². The number of hydrogen-bond acceptors (Lipinski definition) is 6. The van der Waals surface area contributed by atoms with Gasteiger partial charge in [0.1, 0.15) is 5.56 Å². The van der Waals surface area contributed by atoms with Gasteiger partial charge in [0.2, 0.25) is 5.82 Å². The van der Waals surface area contributed by atoms with Crippen molar-refractivity contribution >= 4 is 11.7 Å². The zero-order valence-corrected chi connectivity index (χ0v) is 15.1. The van der Waals surface area contributed by atoms with Crippen LogP contribution in [0.15, 0.2) is 44.6 Å². The van der Waals surface area contributed by atoms with E-state index in [9.17, 15) is 14.4 Å². The summed E-state index contributed by atoms with van der Waals surface area (Å²) < 4.78 is 6.61. The fourth-order valence-corrected chi connectivity index (χ4v) is 2.66. The van der Waals surface area contributed by atoms with Crippen molar-refractivity contribution in [3.8, 4) is 22.8 Å². The molecule has 28 heavy (non-hydrogen) atoms. The van der Waals surface area contributed by atoms with Crippen LogP contribution in [0.1, 0.15) is 19.8 Å². The number of anilines is 1. The van der Waals surface area contributed by atoms with Gasteiger partial charge in [0.15, 0.2) is 0 Å². The normalized spacial score (nSPS) is 13.3. The summed E-state index contributed by atoms with van der Waals surface area (Å²) in [7, 11) is 0. The highest BCUT2D eigenvalue weighted by atomic mass is 16.5. The molecule has 10 nitrogen and oxygen atoms in total. The van der Waals surface area contributed by atoms with Crippen LogP contribution >= 0.6 is 0 Å². The first-order valence-electron chi connectivity index (χ1n) is 8.89. The Morgan fingerprint density at radius 3 is 2.93 bits per heavy atom. The zero-order valence-electron chi connectivity index (χ0n) is 15.1. The molecule has 0 aliphatic heterocycles. The highest BCUT2D eigenvalue weighted by Crippen LogP contribution is 2.23. The summed E-state index contributed by atoms with van der Waals surface area (Å²) in [5.41, 5.74) is 0.211. The largest absolute Gasteiger partial charge is 0.335 e. The molecule has 1 saturated carbocycles. The van der Waals surface area contributed by atoms with Gasteiger partial charge in [-0.3, -0.25) is 9.78 Å². The predicted octanol–water partition coefficient (Wildman–Crippen LogP) is 1.56. The van der Waals surface area contributed by atoms with Crippen molar-refractivity contribution in [3.63, 3.8) is 0 Å². The Kier molecular flexibility index (Phi) is 4.52. The molecule has 3 N–H and O–H groups in total. The standard InChI is InChI=1S/C18H18N6O4/c1-2-24-9-13(15(25)22-18(24)27)14-21-16(28-23-14)10-4-3-5-12(8-10)20-17(26)19-11-6-7-11/h3-5,8-9,11H,2,6-7H2,1H3,(H2,19,20,26)(H,22,25,27). The number of aromatic amines is 1. The van der Waals surface area contributed by atoms with Gasteiger partial charge < -0.3 is 19.7 Å². The molecule has 0 spiro atoms. The Labute approximate surface area is 158 Å². The lowest BCUT2D eigenvalue weighted by Gasteiger charge is -2.07. The lowest BCUT2D eigenvalue weighted by atomic mass is 10.2. The summed E-state index contributed by atoms with van der Waals surface area (Å²) in [5.74, 6) is 0.262. The summed E-state index contributed by atoms with van der Waals surface area (Å²) in [6, 6.07) is 6.93. The number of aromatic nitrogens is 4. The second-order valence-electron chi connectivity index (χ2n) is 6.46. The molecule has 0 radical (unpaired) electrons. The quantitative estimate of drug-likeness (QED) is 0.613. The molecule has 10 heteroatoms. The lowest BCUT2D eigenvalue weighted by Crippen LogP contribution is -2.30. The Morgan fingerprint density at radius 2 is 2.18 bits per heavy atom. The highest BCUT2D eigenvalue weighted by Gasteiger charge is 2.23. The number of H-pyrrole nitrogens is 1. The van der Waals surface area contributed by atoms with Crippen molar-refractivity contribution in [1.29, 1.82) is 0 Å². The number of urea groups is 1. The topological polar surface area (TPSA) is 135 Å². The number of rotatable bonds is 5. The molecule has 0 unspecified atom stereocenters. The van der Waals surface area contributed by atoms with E-state index in [1.165, 1.54) is 10.8 Å². The minimum absolute atomic E-state index is 0.0725. The molecule has 2 amide bonds. The summed E-state index contributed by atoms with van der Waals surface area (Å²) in [6.07, 6.45) is 3.40. The minimum atomic E-state index is -0.589. The Bertz CT molecular complexity index is 1140. The third-order valence-electron chi connectivity index (χ3n) is 4.30. The molecule has 1 aromatic carbocycles. The molecule has 0 atom stereocenters. The summed E-state index contributed by atoms with van der Waals surface area (Å²) in [6.45, 7) is 2.17. The Hall–Kier alpha value is -3.69. The molecular formula is C18H18N6O4. The SMILES string of the molecule is CCn1cc(-c2noc(-c3cccc(NC(=O)NC4CC4)c3)n2)c(=O)[nH]c1=O. The van der Waals surface area contributed by atoms with E-state index in [0.29, 0.717) is 17.8 Å². The van der Waals surface area contributed by atoms with E-state index < -0.39 is 11.2 Å². The van der Waals surface area contributed by atoms with Gasteiger partial charge in [-0.15, -0.1) is 0 Å². The maximum atomic E-state index is 12.1. The monoisotopic (exact) mass is 382 g/mol. The third-order valence-corrected chi connectivity index (χ3v) is 4.30. The van der Waals surface area contributed by atoms with Crippen LogP contribution in [0.2, 0.25) is 0 Å². The lowest BCUT2D eigenvalue weighted by molar-refractivity contribution is 0.251. The summed E-state index contributed by atoms with van der Waals surface area (Å²) >= 11 is 0. The van der Waals surface area contributed by atoms with Gasteiger partial charge in [-0.05, 0) is 38.0 Å². The number of benzene rings is 1. The fourth-order valence-electron chi connectivity index (χ4n) is 2.66. The van der Waals surface area contributed by atoms with Gasteiger partial charge in [-0.25, -0.2) is 9.59 Å². The van der Waals surface area contributed by atoms with Crippen LogP contribution in [0.4, 0.5) is 10.5 Å². The van der Waals surface area contributed by atoms with Crippen LogP contribution in [-0.4, -0.2) is 31.8 Å². The van der Waals surface area contributed by atoms with E-state index in [2.05, 4.69) is 25.8 Å². The molecule has 1 fully saturated rings. The zero-order chi connectivity index (χ0) is 19.7. The number of carbonyl (C=O) groups excluding carboxylic acids is 1. The average Bonchev–Trinajstić information content (AvgIpc) is 3.34. The molecule has 2 aromatic heterocycles. The van der Waals surface area contributed by atoms with Crippen molar-refractivity contribution in [2.75, 3.05) is 5.32 Å². The molecule has 0 saturated heterocycles. The van der Waals surface area contributed by atoms with Gasteiger partial charge in [-0.1, -0.05) is 11.2 Å². The summed E-state index contributed by atoms with van der Waals surface area (Å²) in [4.78, 5) is 42.1. The number of aryl methyl sites for hydroxylation is 1. The molecule has 4 rings (SSSR count). The molecule has 144 valence electrons. The number of nitrogens with one attached hydrogen (secondary N) is 3. The number of amides is 2. The van der Waals surface area contributed by atoms with Crippen LogP contribution in [0.25, 0.3) is 22.8 Å². The minimum Gasteiger partial charge on any atom is -0.335 e. The van der Waals surface area contributed by atoms with E-state index >= 15 is 0 Å². The van der Waals surface area contributed by atoms with Crippen LogP contribution in [0, 0.1) is 0 Å². The first-order chi connectivity index (χ1) is 13.5. The van der Waals surface area contributed by atoms with Gasteiger partial charge in [-0.2, -0.15) is 4.98 Å². The van der Waals surface area contributed by atoms with Gasteiger partial charge in [0.05, 0.1) is 0 Å². The number of carbonyl (C=O) groups is 1. The second kappa shape index (κ2) is 7.14. The first-order valence-corrected chi connectivity index (χ1v) is 8.89. The van der Waals surface area contributed by atoms with E-state index in [1.807, 2.05) is 0 Å². The van der Waals surface area contributed by atoms with Crippen molar-refractivity contribution in [3.05, 3.63) is 51.3 Å². The summed E-state index contributed by atoms with van der Waals surface area (Å²) in [5, 5.41) is 9.45. The van der Waals surface area contributed by atoms with Crippen molar-refractivity contribution in [2.24, 2.45) is 0 Å². The smallest absolute Gasteiger partial charge is 0.328 e. The van der Waals surface area contributed by atoms with Crippen LogP contribution in [-0.2, 0) is 6.54 Å². The molecule has 1 aliphatic rings. The number of nitrogens with zero attached hydrogens (tertiary/aromatic N) is 3. The molecule has 3 aromatic rings. The Morgan fingerprint density at radius 1 is 1.36 bits per heavy atom. The van der Waals surface area contributed by atoms with Crippen LogP contribution in [0.3, 0.4) is 0 Å². The van der Waals surface area contributed by atoms with E-state index in [1.54, 1.807) is 31.2 Å². The van der Waals surface area contributed by atoms with Gasteiger partial charge in [0.25, 0.3) is 11.4 Å². The van der Waals surface area contributed by atoms with E-state index in [4.69, 9.17) is 4.52 Å². The Balaban J connectivity index is 1.59. The number of hydrogen-bond donors (Lipinski definition) is 3. The first kappa shape index (κ1) is 17.7. The van der Waals surface area contributed by atoms with Crippen molar-refractivity contribution in [1.82, 2.24) is 25.0 Å². The molecule has 1 aliphatic carbocycles. The van der Waals surface area contributed by atoms with Crippen molar-refractivity contribution in [2.45, 2.75) is 32.4 Å². The maximum absolute atomic E-state index is 12.1. The van der Waals surface area contributed by atoms with Gasteiger partial charge >= 0.3 is 11.7 Å². The second-order valence-corrected chi connectivity index (χ2v) is 6.46. The fraction of sp³-hybridized carbons (Fsp3) is 0.278. The third kappa shape index (κ3) is 3.70. The molecule has 2 heterocycles. The molecule has 0 bridgehead atoms. The average molecular weight is 382 g/mol. The van der Waals surface area contributed by atoms with Crippen molar-refractivity contribution < 1.29 is 9.32 Å². The molecular weight excluding hydrogens is 364 g/mol. The highest BCUT2D eigenvalue weighted by molar-refractivity contribution is 5.90. The van der Waals surface area contributed by atoms with Gasteiger partial charge in [0, 0.05) is 30.0 Å².